The lowest BCUT2D eigenvalue weighted by molar-refractivity contribution is -0.0116. The summed E-state index contributed by atoms with van der Waals surface area (Å²) in [4.78, 5) is 2.40. The topological polar surface area (TPSA) is 105 Å². The molecule has 1 fully saturated rings. The van der Waals surface area contributed by atoms with E-state index in [1.54, 1.807) is 0 Å². The van der Waals surface area contributed by atoms with Crippen LogP contribution in [0.25, 0.3) is 21.5 Å². The molecule has 12 heteroatoms. The van der Waals surface area contributed by atoms with Gasteiger partial charge in [-0.1, -0.05) is 54.6 Å². The Morgan fingerprint density at radius 3 is 1.16 bits per heavy atom. The zero-order chi connectivity index (χ0) is 37.6. The number of nitrogens with zero attached hydrogens (tertiary/aromatic N) is 1. The molecule has 0 saturated carbocycles. The van der Waals surface area contributed by atoms with E-state index in [2.05, 4.69) is 65.6 Å². The van der Waals surface area contributed by atoms with Crippen LogP contribution in [-0.4, -0.2) is 145 Å². The summed E-state index contributed by atoms with van der Waals surface area (Å²) >= 11 is 0. The van der Waals surface area contributed by atoms with Crippen molar-refractivity contribution < 1.29 is 52.1 Å². The maximum atomic E-state index is 6.28. The summed E-state index contributed by atoms with van der Waals surface area (Å²) in [6, 6.07) is 23.6. The van der Waals surface area contributed by atoms with Crippen LogP contribution < -0.4 is 14.4 Å². The van der Waals surface area contributed by atoms with Crippen molar-refractivity contribution in [1.29, 1.82) is 0 Å². The Hall–Kier alpha value is -3.56. The van der Waals surface area contributed by atoms with Crippen LogP contribution in [0.1, 0.15) is 11.1 Å². The number of hydrogen-bond acceptors (Lipinski definition) is 12. The summed E-state index contributed by atoms with van der Waals surface area (Å²) in [6.07, 6.45) is 0.701. The molecule has 300 valence electrons. The monoisotopic (exact) mass is 763 g/mol. The molecule has 4 aromatic carbocycles. The van der Waals surface area contributed by atoms with Gasteiger partial charge in [-0.15, -0.1) is 0 Å². The lowest BCUT2D eigenvalue weighted by Gasteiger charge is -2.29. The SMILES string of the molecule is c1ccc2c(N3CCOCCOCCOCCOCCOCC3)c3ccccc3c(Cc3ccc4c(c3)OCCOCCOCCOCCOCCO4)c2c1. The first kappa shape index (κ1) is 41.1. The molecule has 2 heterocycles. The summed E-state index contributed by atoms with van der Waals surface area (Å²) < 4.78 is 64.1. The molecule has 0 aromatic heterocycles. The van der Waals surface area contributed by atoms with Crippen molar-refractivity contribution in [1.82, 2.24) is 0 Å². The van der Waals surface area contributed by atoms with Crippen molar-refractivity contribution in [2.45, 2.75) is 6.42 Å². The third-order valence-electron chi connectivity index (χ3n) is 9.31. The fraction of sp³-hybridized carbons (Fsp3) is 0.535. The normalized spacial score (nSPS) is 19.5. The molecule has 0 atom stereocenters. The van der Waals surface area contributed by atoms with Crippen molar-refractivity contribution in [2.75, 3.05) is 150 Å². The van der Waals surface area contributed by atoms with Crippen molar-refractivity contribution in [2.24, 2.45) is 0 Å². The van der Waals surface area contributed by atoms with Crippen molar-refractivity contribution in [3.8, 4) is 11.5 Å². The summed E-state index contributed by atoms with van der Waals surface area (Å²) in [5.41, 5.74) is 3.55. The number of hydrogen-bond donors (Lipinski definition) is 0. The highest BCUT2D eigenvalue weighted by Crippen LogP contribution is 2.40. The molecule has 0 amide bonds. The summed E-state index contributed by atoms with van der Waals surface area (Å²) in [5.74, 6) is 1.35. The van der Waals surface area contributed by atoms with E-state index in [9.17, 15) is 0 Å². The fourth-order valence-electron chi connectivity index (χ4n) is 6.67. The van der Waals surface area contributed by atoms with Gasteiger partial charge in [-0.3, -0.25) is 0 Å². The zero-order valence-electron chi connectivity index (χ0n) is 32.1. The van der Waals surface area contributed by atoms with Gasteiger partial charge in [0, 0.05) is 23.9 Å². The van der Waals surface area contributed by atoms with E-state index < -0.39 is 0 Å². The van der Waals surface area contributed by atoms with E-state index >= 15 is 0 Å². The standard InChI is InChI=1S/C43H57NO11/c1-3-7-38-36(5-1)40(33-35-9-10-41-42(34-35)55-32-30-53-28-26-51-24-23-50-25-27-52-29-31-54-41)37-6-2-4-8-39(37)43(38)44-11-13-45-15-17-47-19-21-49-22-20-48-18-16-46-14-12-44/h1-10,34H,11-33H2. The molecule has 0 radical (unpaired) electrons. The molecule has 0 bridgehead atoms. The van der Waals surface area contributed by atoms with E-state index in [0.717, 1.165) is 5.56 Å². The molecule has 0 N–H and O–H groups in total. The maximum absolute atomic E-state index is 6.28. The van der Waals surface area contributed by atoms with Crippen molar-refractivity contribution in [3.05, 3.63) is 77.9 Å². The highest BCUT2D eigenvalue weighted by molar-refractivity contribution is 6.14. The first-order chi connectivity index (χ1) is 27.4. The summed E-state index contributed by atoms with van der Waals surface area (Å²) in [7, 11) is 0. The minimum absolute atomic E-state index is 0.387. The van der Waals surface area contributed by atoms with E-state index in [1.165, 1.54) is 32.8 Å². The molecule has 4 aromatic rings. The van der Waals surface area contributed by atoms with Gasteiger partial charge in [0.2, 0.25) is 0 Å². The third-order valence-corrected chi connectivity index (χ3v) is 9.31. The third kappa shape index (κ3) is 13.3. The quantitative estimate of drug-likeness (QED) is 0.252. The molecule has 2 aliphatic heterocycles. The van der Waals surface area contributed by atoms with Gasteiger partial charge in [0.1, 0.15) is 13.2 Å². The first-order valence-electron chi connectivity index (χ1n) is 19.6. The van der Waals surface area contributed by atoms with Crippen LogP contribution in [0.4, 0.5) is 5.69 Å². The van der Waals surface area contributed by atoms with Crippen molar-refractivity contribution >= 4 is 27.2 Å². The molecule has 6 rings (SSSR count). The minimum Gasteiger partial charge on any atom is -0.487 e. The smallest absolute Gasteiger partial charge is 0.161 e. The van der Waals surface area contributed by atoms with Crippen LogP contribution in [0.15, 0.2) is 66.7 Å². The number of rotatable bonds is 3. The molecular formula is C43H57NO11. The molecular weight excluding hydrogens is 706 g/mol. The molecule has 55 heavy (non-hydrogen) atoms. The molecule has 0 aliphatic carbocycles. The van der Waals surface area contributed by atoms with Gasteiger partial charge in [-0.05, 0) is 40.5 Å². The molecule has 12 nitrogen and oxygen atoms in total. The summed E-state index contributed by atoms with van der Waals surface area (Å²) in [5, 5.41) is 4.78. The fourth-order valence-corrected chi connectivity index (χ4v) is 6.67. The van der Waals surface area contributed by atoms with Crippen LogP contribution >= 0.6 is 0 Å². The zero-order valence-corrected chi connectivity index (χ0v) is 32.1. The molecule has 2 aliphatic rings. The van der Waals surface area contributed by atoms with Gasteiger partial charge in [0.25, 0.3) is 0 Å². The number of benzene rings is 4. The molecule has 1 saturated heterocycles. The lowest BCUT2D eigenvalue weighted by Crippen LogP contribution is -2.32. The van der Waals surface area contributed by atoms with E-state index in [1.807, 2.05) is 6.07 Å². The Labute approximate surface area is 324 Å². The Kier molecular flexibility index (Phi) is 18.0. The van der Waals surface area contributed by atoms with Crippen LogP contribution in [0.2, 0.25) is 0 Å². The lowest BCUT2D eigenvalue weighted by atomic mass is 9.90. The highest BCUT2D eigenvalue weighted by Gasteiger charge is 2.20. The number of fused-ring (bicyclic) bond motifs is 3. The molecule has 0 spiro atoms. The van der Waals surface area contributed by atoms with Gasteiger partial charge in [-0.2, -0.15) is 0 Å². The largest absolute Gasteiger partial charge is 0.487 e. The second kappa shape index (κ2) is 24.2. The van der Waals surface area contributed by atoms with E-state index in [4.69, 9.17) is 52.1 Å². The van der Waals surface area contributed by atoms with Crippen LogP contribution in [0, 0.1) is 0 Å². The number of anilines is 1. The average molecular weight is 764 g/mol. The van der Waals surface area contributed by atoms with Gasteiger partial charge >= 0.3 is 0 Å². The second-order valence-corrected chi connectivity index (χ2v) is 13.1. The Balaban J connectivity index is 1.25. The van der Waals surface area contributed by atoms with Crippen LogP contribution in [-0.2, 0) is 49.1 Å². The van der Waals surface area contributed by atoms with E-state index in [0.29, 0.717) is 163 Å². The summed E-state index contributed by atoms with van der Waals surface area (Å²) in [6.45, 7) is 11.5. The van der Waals surface area contributed by atoms with Gasteiger partial charge < -0.3 is 57.0 Å². The van der Waals surface area contributed by atoms with Gasteiger partial charge in [0.05, 0.1) is 125 Å². The second-order valence-electron chi connectivity index (χ2n) is 13.1. The average Bonchev–Trinajstić information content (AvgIpc) is 3.21. The molecule has 0 unspecified atom stereocenters. The van der Waals surface area contributed by atoms with Gasteiger partial charge in [-0.25, -0.2) is 0 Å². The predicted octanol–water partition coefficient (Wildman–Crippen LogP) is 5.32. The van der Waals surface area contributed by atoms with Crippen LogP contribution in [0.3, 0.4) is 0 Å². The van der Waals surface area contributed by atoms with Gasteiger partial charge in [0.15, 0.2) is 11.5 Å². The predicted molar refractivity (Wildman–Crippen MR) is 211 cm³/mol. The van der Waals surface area contributed by atoms with E-state index in [-0.39, 0.29) is 0 Å². The minimum atomic E-state index is 0.387. The van der Waals surface area contributed by atoms with Crippen molar-refractivity contribution in [3.63, 3.8) is 0 Å². The maximum Gasteiger partial charge on any atom is 0.161 e. The van der Waals surface area contributed by atoms with Crippen LogP contribution in [0.5, 0.6) is 11.5 Å². The Morgan fingerprint density at radius 1 is 0.364 bits per heavy atom. The Morgan fingerprint density at radius 2 is 0.727 bits per heavy atom. The Bertz CT molecular complexity index is 1610. The number of ether oxygens (including phenoxy) is 11. The first-order valence-corrected chi connectivity index (χ1v) is 19.6. The highest BCUT2D eigenvalue weighted by atomic mass is 16.6.